The van der Waals surface area contributed by atoms with E-state index in [1.165, 1.54) is 19.3 Å². The van der Waals surface area contributed by atoms with Gasteiger partial charge in [-0.1, -0.05) is 19.9 Å². The molecule has 0 spiro atoms. The van der Waals surface area contributed by atoms with Crippen molar-refractivity contribution in [2.45, 2.75) is 53.6 Å². The number of benzene rings is 1. The largest absolute Gasteiger partial charge is 0.426 e. The van der Waals surface area contributed by atoms with Gasteiger partial charge < -0.3 is 25.2 Å². The summed E-state index contributed by atoms with van der Waals surface area (Å²) in [5.41, 5.74) is 2.32. The van der Waals surface area contributed by atoms with Crippen molar-refractivity contribution in [1.82, 2.24) is 15.6 Å². The van der Waals surface area contributed by atoms with E-state index in [-0.39, 0.29) is 24.2 Å². The number of carbonyl (C=O) groups is 4. The van der Waals surface area contributed by atoms with Gasteiger partial charge in [-0.3, -0.25) is 14.6 Å². The first-order valence-corrected chi connectivity index (χ1v) is 13.2. The predicted molar refractivity (Wildman–Crippen MR) is 148 cm³/mol. The summed E-state index contributed by atoms with van der Waals surface area (Å²) in [7, 11) is 0. The molecule has 2 heterocycles. The Labute approximate surface area is 232 Å². The summed E-state index contributed by atoms with van der Waals surface area (Å²) in [4.78, 5) is 56.4. The van der Waals surface area contributed by atoms with Gasteiger partial charge in [-0.15, -0.1) is 0 Å². The third-order valence-corrected chi connectivity index (χ3v) is 6.33. The van der Waals surface area contributed by atoms with E-state index in [4.69, 9.17) is 9.47 Å². The fraction of sp³-hybridized carbons (Fsp3) is 0.481. The molecule has 13 heteroatoms. The van der Waals surface area contributed by atoms with Gasteiger partial charge in [0.1, 0.15) is 18.1 Å². The van der Waals surface area contributed by atoms with Gasteiger partial charge in [0.25, 0.3) is 5.91 Å². The molecule has 2 aliphatic heterocycles. The number of nitrogens with one attached hydrogen (secondary N) is 2. The maximum absolute atomic E-state index is 13.6. The summed E-state index contributed by atoms with van der Waals surface area (Å²) in [5.74, 6) is -1.85. The van der Waals surface area contributed by atoms with Crippen molar-refractivity contribution in [2.75, 3.05) is 31.3 Å². The second-order valence-corrected chi connectivity index (χ2v) is 9.40. The summed E-state index contributed by atoms with van der Waals surface area (Å²) in [5, 5.41) is 21.0. The van der Waals surface area contributed by atoms with Gasteiger partial charge in [-0.2, -0.15) is 5.10 Å². The number of carbonyl (C=O) groups excluding carboxylic acids is 4. The molecule has 13 nitrogen and oxygen atoms in total. The Morgan fingerprint density at radius 2 is 1.82 bits per heavy atom. The second-order valence-electron chi connectivity index (χ2n) is 9.40. The summed E-state index contributed by atoms with van der Waals surface area (Å²) in [6.45, 7) is 9.14. The SMILES string of the molecule is CCCNC(=O)c1ccc(C)c(N(C(=O)OCOC(=O)C(C)O)C2=NC=NN3CC(C(=O)NCCC)C(C)=C23)c1. The van der Waals surface area contributed by atoms with Crippen LogP contribution < -0.4 is 15.5 Å². The standard InChI is InChI=1S/C27H36N6O7/c1-6-10-28-24(35)19-9-8-16(3)21(12-19)33(27(38)40-15-39-26(37)18(5)34)23-22-17(4)20(25(36)29-11-7-2)13-32(22)31-14-30-23/h8-9,12,14,18,20,34H,6-7,10-11,13,15H2,1-5H3,(H,28,35)(H,29,36). The smallest absolute Gasteiger partial charge is 0.423 e. The first-order valence-electron chi connectivity index (χ1n) is 13.2. The molecule has 0 bridgehead atoms. The zero-order valence-corrected chi connectivity index (χ0v) is 23.4. The molecule has 2 unspecified atom stereocenters. The summed E-state index contributed by atoms with van der Waals surface area (Å²) in [6, 6.07) is 4.87. The van der Waals surface area contributed by atoms with Crippen LogP contribution in [0.15, 0.2) is 39.6 Å². The Bertz CT molecular complexity index is 1240. The third-order valence-electron chi connectivity index (χ3n) is 6.33. The Hall–Kier alpha value is -4.26. The van der Waals surface area contributed by atoms with Gasteiger partial charge in [-0.25, -0.2) is 19.5 Å². The molecule has 3 amide bonds. The fourth-order valence-electron chi connectivity index (χ4n) is 4.14. The third kappa shape index (κ3) is 6.84. The monoisotopic (exact) mass is 556 g/mol. The summed E-state index contributed by atoms with van der Waals surface area (Å²) in [6.07, 6.45) is 0.439. The Morgan fingerprint density at radius 1 is 1.12 bits per heavy atom. The first-order chi connectivity index (χ1) is 19.1. The Morgan fingerprint density at radius 3 is 2.50 bits per heavy atom. The molecular weight excluding hydrogens is 520 g/mol. The van der Waals surface area contributed by atoms with Crippen LogP contribution in [-0.4, -0.2) is 78.7 Å². The van der Waals surface area contributed by atoms with E-state index >= 15 is 0 Å². The lowest BCUT2D eigenvalue weighted by molar-refractivity contribution is -0.160. The number of aliphatic imine (C=N–C) groups is 1. The fourth-order valence-corrected chi connectivity index (χ4v) is 4.14. The maximum atomic E-state index is 13.6. The number of ether oxygens (including phenoxy) is 2. The minimum Gasteiger partial charge on any atom is -0.426 e. The molecule has 2 atom stereocenters. The maximum Gasteiger partial charge on any atom is 0.423 e. The molecule has 40 heavy (non-hydrogen) atoms. The van der Waals surface area contributed by atoms with Crippen LogP contribution in [0.1, 0.15) is 56.5 Å². The van der Waals surface area contributed by atoms with Gasteiger partial charge in [0.05, 0.1) is 18.2 Å². The highest BCUT2D eigenvalue weighted by Gasteiger charge is 2.41. The second kappa shape index (κ2) is 13.7. The number of hydrogen-bond donors (Lipinski definition) is 3. The van der Waals surface area contributed by atoms with Crippen molar-refractivity contribution >= 4 is 41.7 Å². The number of amidine groups is 1. The number of aliphatic hydroxyl groups excluding tert-OH is 1. The Kier molecular flexibility index (Phi) is 10.4. The molecule has 0 aromatic heterocycles. The average Bonchev–Trinajstić information content (AvgIpc) is 3.28. The van der Waals surface area contributed by atoms with Crippen LogP contribution in [-0.2, 0) is 19.1 Å². The van der Waals surface area contributed by atoms with E-state index in [0.717, 1.165) is 17.7 Å². The number of anilines is 1. The lowest BCUT2D eigenvalue weighted by Crippen LogP contribution is -2.43. The average molecular weight is 557 g/mol. The Balaban J connectivity index is 2.04. The molecule has 3 rings (SSSR count). The molecule has 1 aromatic rings. The molecule has 0 radical (unpaired) electrons. The highest BCUT2D eigenvalue weighted by Crippen LogP contribution is 2.34. The molecule has 0 saturated heterocycles. The van der Waals surface area contributed by atoms with Crippen molar-refractivity contribution in [3.05, 3.63) is 40.6 Å². The van der Waals surface area contributed by atoms with Crippen LogP contribution >= 0.6 is 0 Å². The number of nitrogens with zero attached hydrogens (tertiary/aromatic N) is 4. The molecular formula is C27H36N6O7. The number of fused-ring (bicyclic) bond motifs is 1. The number of amides is 3. The zero-order chi connectivity index (χ0) is 29.4. The van der Waals surface area contributed by atoms with Crippen molar-refractivity contribution < 1.29 is 33.8 Å². The number of esters is 1. The van der Waals surface area contributed by atoms with Gasteiger partial charge in [0.15, 0.2) is 5.84 Å². The van der Waals surface area contributed by atoms with Crippen LogP contribution in [0, 0.1) is 12.8 Å². The van der Waals surface area contributed by atoms with E-state index in [2.05, 4.69) is 20.7 Å². The topological polar surface area (TPSA) is 162 Å². The summed E-state index contributed by atoms with van der Waals surface area (Å²) >= 11 is 0. The van der Waals surface area contributed by atoms with Crippen molar-refractivity contribution in [3.63, 3.8) is 0 Å². The van der Waals surface area contributed by atoms with Crippen LogP contribution in [0.4, 0.5) is 10.5 Å². The lowest BCUT2D eigenvalue weighted by Gasteiger charge is -2.30. The van der Waals surface area contributed by atoms with Crippen LogP contribution in [0.25, 0.3) is 0 Å². The minimum absolute atomic E-state index is 0.124. The number of hydrazone groups is 1. The van der Waals surface area contributed by atoms with E-state index in [9.17, 15) is 24.3 Å². The van der Waals surface area contributed by atoms with E-state index in [1.807, 2.05) is 13.8 Å². The normalized spacial score (nSPS) is 16.6. The van der Waals surface area contributed by atoms with Crippen molar-refractivity contribution in [1.29, 1.82) is 0 Å². The molecule has 1 aromatic carbocycles. The first kappa shape index (κ1) is 30.3. The zero-order valence-electron chi connectivity index (χ0n) is 23.4. The number of rotatable bonds is 10. The van der Waals surface area contributed by atoms with Crippen LogP contribution in [0.5, 0.6) is 0 Å². The molecule has 216 valence electrons. The highest BCUT2D eigenvalue weighted by molar-refractivity contribution is 6.24. The molecule has 2 aliphatic rings. The molecule has 0 aliphatic carbocycles. The minimum atomic E-state index is -1.40. The van der Waals surface area contributed by atoms with Gasteiger partial charge in [-0.05, 0) is 56.9 Å². The molecule has 0 fully saturated rings. The van der Waals surface area contributed by atoms with Gasteiger partial charge >= 0.3 is 12.1 Å². The van der Waals surface area contributed by atoms with Crippen LogP contribution in [0.3, 0.4) is 0 Å². The summed E-state index contributed by atoms with van der Waals surface area (Å²) < 4.78 is 10.1. The van der Waals surface area contributed by atoms with E-state index in [0.29, 0.717) is 41.2 Å². The number of aryl methyl sites for hydroxylation is 1. The van der Waals surface area contributed by atoms with Crippen LogP contribution in [0.2, 0.25) is 0 Å². The molecule has 0 saturated carbocycles. The quantitative estimate of drug-likeness (QED) is 0.291. The van der Waals surface area contributed by atoms with Gasteiger partial charge in [0.2, 0.25) is 12.7 Å². The van der Waals surface area contributed by atoms with E-state index in [1.54, 1.807) is 31.0 Å². The number of hydrogen-bond acceptors (Lipinski definition) is 10. The lowest BCUT2D eigenvalue weighted by atomic mass is 10.0. The van der Waals surface area contributed by atoms with Crippen molar-refractivity contribution in [2.24, 2.45) is 16.0 Å². The molecule has 3 N–H and O–H groups in total. The van der Waals surface area contributed by atoms with Gasteiger partial charge in [0, 0.05) is 18.7 Å². The van der Waals surface area contributed by atoms with Crippen molar-refractivity contribution in [3.8, 4) is 0 Å². The highest BCUT2D eigenvalue weighted by atomic mass is 16.7. The number of aliphatic hydroxyl groups is 1. The predicted octanol–water partition coefficient (Wildman–Crippen LogP) is 2.05. The van der Waals surface area contributed by atoms with E-state index < -0.39 is 30.9 Å².